The molecule has 4 heteroatoms. The first-order valence-electron chi connectivity index (χ1n) is 5.52. The van der Waals surface area contributed by atoms with E-state index in [9.17, 15) is 0 Å². The maximum atomic E-state index is 5.36. The molecular weight excluding hydrogens is 208 g/mol. The highest BCUT2D eigenvalue weighted by Gasteiger charge is 1.97. The zero-order valence-electron chi connectivity index (χ0n) is 9.58. The minimum absolute atomic E-state index is 0.809. The number of rotatable bonds is 8. The zero-order chi connectivity index (χ0) is 10.9. The number of ether oxygens (including phenoxy) is 1. The van der Waals surface area contributed by atoms with Gasteiger partial charge in [-0.05, 0) is 13.3 Å². The summed E-state index contributed by atoms with van der Waals surface area (Å²) in [5.74, 6) is 0. The summed E-state index contributed by atoms with van der Waals surface area (Å²) in [6.07, 6.45) is 2.11. The highest BCUT2D eigenvalue weighted by molar-refractivity contribution is 7.09. The van der Waals surface area contributed by atoms with Crippen LogP contribution in [-0.2, 0) is 11.2 Å². The Kier molecular flexibility index (Phi) is 6.55. The highest BCUT2D eigenvalue weighted by atomic mass is 32.1. The van der Waals surface area contributed by atoms with Crippen LogP contribution in [0.25, 0.3) is 0 Å². The first-order chi connectivity index (χ1) is 7.33. The molecule has 0 unspecified atom stereocenters. The van der Waals surface area contributed by atoms with E-state index in [-0.39, 0.29) is 0 Å². The number of hydrogen-bond donors (Lipinski definition) is 1. The van der Waals surface area contributed by atoms with Gasteiger partial charge in [-0.1, -0.05) is 6.92 Å². The summed E-state index contributed by atoms with van der Waals surface area (Å²) < 4.78 is 5.36. The van der Waals surface area contributed by atoms with Gasteiger partial charge in [0.05, 0.1) is 17.3 Å². The molecule has 0 saturated heterocycles. The van der Waals surface area contributed by atoms with E-state index < -0.39 is 0 Å². The molecular formula is C11H20N2OS. The van der Waals surface area contributed by atoms with Gasteiger partial charge in [-0.25, -0.2) is 4.98 Å². The smallest absolute Gasteiger partial charge is 0.0897 e. The molecule has 15 heavy (non-hydrogen) atoms. The molecule has 0 aliphatic rings. The van der Waals surface area contributed by atoms with Gasteiger partial charge in [0.25, 0.3) is 0 Å². The quantitative estimate of drug-likeness (QED) is 0.691. The van der Waals surface area contributed by atoms with Gasteiger partial charge in [0.15, 0.2) is 0 Å². The van der Waals surface area contributed by atoms with Crippen molar-refractivity contribution in [2.45, 2.75) is 26.7 Å². The first kappa shape index (κ1) is 12.6. The van der Waals surface area contributed by atoms with Crippen molar-refractivity contribution >= 4 is 11.3 Å². The monoisotopic (exact) mass is 228 g/mol. The third-order valence-corrected chi connectivity index (χ3v) is 2.82. The fourth-order valence-corrected chi connectivity index (χ4v) is 1.90. The van der Waals surface area contributed by atoms with E-state index in [0.29, 0.717) is 0 Å². The topological polar surface area (TPSA) is 34.1 Å². The Morgan fingerprint density at radius 2 is 2.27 bits per heavy atom. The first-order valence-corrected chi connectivity index (χ1v) is 6.40. The van der Waals surface area contributed by atoms with Gasteiger partial charge in [-0.3, -0.25) is 0 Å². The van der Waals surface area contributed by atoms with Crippen molar-refractivity contribution in [3.63, 3.8) is 0 Å². The molecule has 1 rings (SSSR count). The number of aromatic nitrogens is 1. The van der Waals surface area contributed by atoms with E-state index in [1.807, 2.05) is 6.92 Å². The van der Waals surface area contributed by atoms with Gasteiger partial charge < -0.3 is 10.1 Å². The highest BCUT2D eigenvalue weighted by Crippen LogP contribution is 2.07. The predicted molar refractivity (Wildman–Crippen MR) is 64.5 cm³/mol. The number of aryl methyl sites for hydroxylation is 1. The predicted octanol–water partition coefficient (Wildman–Crippen LogP) is 2.01. The lowest BCUT2D eigenvalue weighted by Gasteiger charge is -2.03. The maximum absolute atomic E-state index is 5.36. The minimum atomic E-state index is 0.809. The van der Waals surface area contributed by atoms with Crippen LogP contribution in [-0.4, -0.2) is 31.3 Å². The standard InChI is InChI=1S/C11H20N2OS/c1-3-7-14-8-6-12-5-4-11-9-15-10(2)13-11/h9,12H,3-8H2,1-2H3. The lowest BCUT2D eigenvalue weighted by molar-refractivity contribution is 0.137. The SMILES string of the molecule is CCCOCCNCCc1csc(C)n1. The molecule has 0 spiro atoms. The molecule has 1 heterocycles. The Balaban J connectivity index is 1.93. The fourth-order valence-electron chi connectivity index (χ4n) is 1.26. The van der Waals surface area contributed by atoms with Crippen LogP contribution < -0.4 is 5.32 Å². The van der Waals surface area contributed by atoms with Crippen molar-refractivity contribution in [2.75, 3.05) is 26.3 Å². The van der Waals surface area contributed by atoms with Crippen LogP contribution in [0.15, 0.2) is 5.38 Å². The third-order valence-electron chi connectivity index (χ3n) is 2.00. The molecule has 0 aliphatic carbocycles. The normalized spacial score (nSPS) is 10.8. The van der Waals surface area contributed by atoms with Gasteiger partial charge in [0.2, 0.25) is 0 Å². The molecule has 0 fully saturated rings. The molecule has 0 bridgehead atoms. The van der Waals surface area contributed by atoms with E-state index in [0.717, 1.165) is 44.2 Å². The van der Waals surface area contributed by atoms with E-state index in [4.69, 9.17) is 4.74 Å². The Morgan fingerprint density at radius 3 is 2.93 bits per heavy atom. The van der Waals surface area contributed by atoms with Crippen LogP contribution in [0.2, 0.25) is 0 Å². The van der Waals surface area contributed by atoms with Gasteiger partial charge in [0.1, 0.15) is 0 Å². The molecule has 1 N–H and O–H groups in total. The average molecular weight is 228 g/mol. The van der Waals surface area contributed by atoms with Crippen molar-refractivity contribution in [2.24, 2.45) is 0 Å². The lowest BCUT2D eigenvalue weighted by Crippen LogP contribution is -2.22. The number of hydrogen-bond acceptors (Lipinski definition) is 4. The summed E-state index contributed by atoms with van der Waals surface area (Å²) in [5, 5.41) is 6.62. The van der Waals surface area contributed by atoms with Gasteiger partial charge in [-0.15, -0.1) is 11.3 Å². The van der Waals surface area contributed by atoms with Crippen LogP contribution in [0.5, 0.6) is 0 Å². The van der Waals surface area contributed by atoms with E-state index in [2.05, 4.69) is 22.6 Å². The van der Waals surface area contributed by atoms with E-state index in [1.165, 1.54) is 5.69 Å². The summed E-state index contributed by atoms with van der Waals surface area (Å²) >= 11 is 1.72. The van der Waals surface area contributed by atoms with Crippen LogP contribution in [0, 0.1) is 6.92 Å². The average Bonchev–Trinajstić information content (AvgIpc) is 2.63. The van der Waals surface area contributed by atoms with Crippen molar-refractivity contribution in [3.05, 3.63) is 16.1 Å². The molecule has 3 nitrogen and oxygen atoms in total. The lowest BCUT2D eigenvalue weighted by atomic mass is 10.3. The summed E-state index contributed by atoms with van der Waals surface area (Å²) in [5.41, 5.74) is 1.19. The Morgan fingerprint density at radius 1 is 1.40 bits per heavy atom. The number of thiazole rings is 1. The Hall–Kier alpha value is -0.450. The van der Waals surface area contributed by atoms with Crippen molar-refractivity contribution in [1.29, 1.82) is 0 Å². The second-order valence-electron chi connectivity index (χ2n) is 3.47. The van der Waals surface area contributed by atoms with E-state index >= 15 is 0 Å². The van der Waals surface area contributed by atoms with Crippen LogP contribution in [0.3, 0.4) is 0 Å². The van der Waals surface area contributed by atoms with Crippen LogP contribution in [0.4, 0.5) is 0 Å². The van der Waals surface area contributed by atoms with Gasteiger partial charge in [0, 0.05) is 31.5 Å². The van der Waals surface area contributed by atoms with E-state index in [1.54, 1.807) is 11.3 Å². The minimum Gasteiger partial charge on any atom is -0.380 e. The molecule has 1 aromatic heterocycles. The molecule has 1 aromatic rings. The summed E-state index contributed by atoms with van der Waals surface area (Å²) in [7, 11) is 0. The third kappa shape index (κ3) is 5.87. The molecule has 0 radical (unpaired) electrons. The number of nitrogens with one attached hydrogen (secondary N) is 1. The second-order valence-corrected chi connectivity index (χ2v) is 4.53. The van der Waals surface area contributed by atoms with Crippen LogP contribution >= 0.6 is 11.3 Å². The van der Waals surface area contributed by atoms with Crippen molar-refractivity contribution in [3.8, 4) is 0 Å². The Bertz CT molecular complexity index is 263. The Labute approximate surface area is 95.9 Å². The molecule has 86 valence electrons. The molecule has 0 aliphatic heterocycles. The fraction of sp³-hybridized carbons (Fsp3) is 0.727. The summed E-state index contributed by atoms with van der Waals surface area (Å²) in [6, 6.07) is 0. The number of nitrogens with zero attached hydrogens (tertiary/aromatic N) is 1. The summed E-state index contributed by atoms with van der Waals surface area (Å²) in [6.45, 7) is 7.76. The largest absolute Gasteiger partial charge is 0.380 e. The molecule has 0 saturated carbocycles. The van der Waals surface area contributed by atoms with Crippen LogP contribution in [0.1, 0.15) is 24.0 Å². The molecule has 0 aromatic carbocycles. The summed E-state index contributed by atoms with van der Waals surface area (Å²) in [4.78, 5) is 4.41. The van der Waals surface area contributed by atoms with Crippen molar-refractivity contribution in [1.82, 2.24) is 10.3 Å². The molecule has 0 atom stereocenters. The van der Waals surface area contributed by atoms with Gasteiger partial charge in [-0.2, -0.15) is 0 Å². The van der Waals surface area contributed by atoms with Gasteiger partial charge >= 0.3 is 0 Å². The second kappa shape index (κ2) is 7.79. The maximum Gasteiger partial charge on any atom is 0.0897 e. The van der Waals surface area contributed by atoms with Crippen molar-refractivity contribution < 1.29 is 4.74 Å². The zero-order valence-corrected chi connectivity index (χ0v) is 10.4. The molecule has 0 amide bonds.